The standard InChI is InChI=1S/C8H10N2O3S/c1-5(8(12)13)2-9-7(11)6-3-14-4-10-6/h3-5H,2H2,1H3,(H,9,11)(H,12,13)/t5-/m1/s1. The van der Waals surface area contributed by atoms with Crippen LogP contribution < -0.4 is 5.32 Å². The van der Waals surface area contributed by atoms with Gasteiger partial charge in [-0.25, -0.2) is 4.98 Å². The summed E-state index contributed by atoms with van der Waals surface area (Å²) in [7, 11) is 0. The first-order valence-corrected chi connectivity index (χ1v) is 4.94. The van der Waals surface area contributed by atoms with Crippen LogP contribution in [0.25, 0.3) is 0 Å². The van der Waals surface area contributed by atoms with Crippen molar-refractivity contribution >= 4 is 23.2 Å². The zero-order valence-corrected chi connectivity index (χ0v) is 8.37. The van der Waals surface area contributed by atoms with E-state index < -0.39 is 11.9 Å². The SMILES string of the molecule is C[C@H](CNC(=O)c1cscn1)C(=O)O. The molecule has 5 nitrogen and oxygen atoms in total. The summed E-state index contributed by atoms with van der Waals surface area (Å²) in [6.07, 6.45) is 0. The number of amides is 1. The lowest BCUT2D eigenvalue weighted by Gasteiger charge is -2.06. The first-order chi connectivity index (χ1) is 6.61. The van der Waals surface area contributed by atoms with Crippen molar-refractivity contribution < 1.29 is 14.7 Å². The van der Waals surface area contributed by atoms with Crippen LogP contribution in [0.4, 0.5) is 0 Å². The predicted molar refractivity (Wildman–Crippen MR) is 51.2 cm³/mol. The fraction of sp³-hybridized carbons (Fsp3) is 0.375. The molecule has 6 heteroatoms. The van der Waals surface area contributed by atoms with Crippen LogP contribution in [0.5, 0.6) is 0 Å². The van der Waals surface area contributed by atoms with E-state index in [1.54, 1.807) is 10.9 Å². The number of hydrogen-bond donors (Lipinski definition) is 2. The van der Waals surface area contributed by atoms with Gasteiger partial charge in [-0.1, -0.05) is 6.92 Å². The topological polar surface area (TPSA) is 79.3 Å². The zero-order valence-electron chi connectivity index (χ0n) is 7.56. The van der Waals surface area contributed by atoms with E-state index in [-0.39, 0.29) is 12.5 Å². The predicted octanol–water partition coefficient (Wildman–Crippen LogP) is 0.594. The molecule has 0 saturated carbocycles. The fourth-order valence-corrected chi connectivity index (χ4v) is 1.28. The van der Waals surface area contributed by atoms with Crippen LogP contribution >= 0.6 is 11.3 Å². The lowest BCUT2D eigenvalue weighted by molar-refractivity contribution is -0.140. The summed E-state index contributed by atoms with van der Waals surface area (Å²) in [6, 6.07) is 0. The molecule has 1 atom stereocenters. The first-order valence-electron chi connectivity index (χ1n) is 4.00. The quantitative estimate of drug-likeness (QED) is 0.769. The van der Waals surface area contributed by atoms with Crippen molar-refractivity contribution in [2.45, 2.75) is 6.92 Å². The molecular formula is C8H10N2O3S. The Bertz CT molecular complexity index is 323. The van der Waals surface area contributed by atoms with Gasteiger partial charge in [0.25, 0.3) is 5.91 Å². The van der Waals surface area contributed by atoms with Crippen LogP contribution in [0.2, 0.25) is 0 Å². The van der Waals surface area contributed by atoms with Crippen LogP contribution in [0.15, 0.2) is 10.9 Å². The summed E-state index contributed by atoms with van der Waals surface area (Å²) in [6.45, 7) is 1.65. The summed E-state index contributed by atoms with van der Waals surface area (Å²) < 4.78 is 0. The van der Waals surface area contributed by atoms with E-state index in [0.29, 0.717) is 5.69 Å². The fourth-order valence-electron chi connectivity index (χ4n) is 0.748. The van der Waals surface area contributed by atoms with Crippen LogP contribution in [-0.2, 0) is 4.79 Å². The van der Waals surface area contributed by atoms with Gasteiger partial charge in [0.05, 0.1) is 11.4 Å². The third-order valence-electron chi connectivity index (χ3n) is 1.66. The largest absolute Gasteiger partial charge is 0.481 e. The molecule has 76 valence electrons. The van der Waals surface area contributed by atoms with E-state index in [0.717, 1.165) is 0 Å². The smallest absolute Gasteiger partial charge is 0.308 e. The maximum absolute atomic E-state index is 11.3. The van der Waals surface area contributed by atoms with Gasteiger partial charge in [-0.05, 0) is 0 Å². The third-order valence-corrected chi connectivity index (χ3v) is 2.24. The summed E-state index contributed by atoms with van der Waals surface area (Å²) >= 11 is 1.32. The number of carboxylic acids is 1. The number of carbonyl (C=O) groups excluding carboxylic acids is 1. The van der Waals surface area contributed by atoms with Gasteiger partial charge in [-0.3, -0.25) is 9.59 Å². The molecule has 0 aliphatic rings. The minimum Gasteiger partial charge on any atom is -0.481 e. The summed E-state index contributed by atoms with van der Waals surface area (Å²) in [5, 5.41) is 12.7. The maximum atomic E-state index is 11.3. The molecule has 0 aromatic carbocycles. The second kappa shape index (κ2) is 4.71. The minimum absolute atomic E-state index is 0.117. The zero-order chi connectivity index (χ0) is 10.6. The molecule has 0 fully saturated rings. The molecule has 2 N–H and O–H groups in total. The maximum Gasteiger partial charge on any atom is 0.308 e. The minimum atomic E-state index is -0.927. The summed E-state index contributed by atoms with van der Waals surface area (Å²) in [4.78, 5) is 25.5. The Hall–Kier alpha value is -1.43. The average Bonchev–Trinajstić information content (AvgIpc) is 2.66. The Morgan fingerprint density at radius 1 is 1.71 bits per heavy atom. The Labute approximate surface area is 84.8 Å². The number of rotatable bonds is 4. The van der Waals surface area contributed by atoms with Gasteiger partial charge in [0.2, 0.25) is 0 Å². The van der Waals surface area contributed by atoms with E-state index in [1.807, 2.05) is 0 Å². The molecule has 0 unspecified atom stereocenters. The van der Waals surface area contributed by atoms with E-state index in [9.17, 15) is 9.59 Å². The van der Waals surface area contributed by atoms with Crippen molar-refractivity contribution in [3.05, 3.63) is 16.6 Å². The highest BCUT2D eigenvalue weighted by Gasteiger charge is 2.13. The van der Waals surface area contributed by atoms with Gasteiger partial charge in [-0.15, -0.1) is 11.3 Å². The highest BCUT2D eigenvalue weighted by molar-refractivity contribution is 7.07. The van der Waals surface area contributed by atoms with Crippen LogP contribution in [0, 0.1) is 5.92 Å². The van der Waals surface area contributed by atoms with Crippen molar-refractivity contribution in [2.75, 3.05) is 6.54 Å². The van der Waals surface area contributed by atoms with E-state index in [2.05, 4.69) is 10.3 Å². The molecule has 0 bridgehead atoms. The molecule has 1 aromatic rings. The van der Waals surface area contributed by atoms with Crippen LogP contribution in [0.3, 0.4) is 0 Å². The molecule has 0 saturated heterocycles. The molecule has 0 radical (unpaired) electrons. The highest BCUT2D eigenvalue weighted by atomic mass is 32.1. The summed E-state index contributed by atoms with van der Waals surface area (Å²) in [5.74, 6) is -1.85. The van der Waals surface area contributed by atoms with Crippen molar-refractivity contribution in [2.24, 2.45) is 5.92 Å². The summed E-state index contributed by atoms with van der Waals surface area (Å²) in [5.41, 5.74) is 1.88. The molecule has 1 amide bonds. The highest BCUT2D eigenvalue weighted by Crippen LogP contribution is 2.00. The second-order valence-corrected chi connectivity index (χ2v) is 3.54. The van der Waals surface area contributed by atoms with Crippen molar-refractivity contribution in [1.29, 1.82) is 0 Å². The monoisotopic (exact) mass is 214 g/mol. The Balaban J connectivity index is 2.40. The van der Waals surface area contributed by atoms with E-state index in [1.165, 1.54) is 18.3 Å². The van der Waals surface area contributed by atoms with Crippen LogP contribution in [0.1, 0.15) is 17.4 Å². The van der Waals surface area contributed by atoms with Crippen LogP contribution in [-0.4, -0.2) is 28.5 Å². The number of carbonyl (C=O) groups is 2. The lowest BCUT2D eigenvalue weighted by atomic mass is 10.2. The van der Waals surface area contributed by atoms with E-state index >= 15 is 0 Å². The molecule has 0 aliphatic carbocycles. The molecule has 0 spiro atoms. The molecule has 1 aromatic heterocycles. The number of aromatic nitrogens is 1. The number of nitrogens with one attached hydrogen (secondary N) is 1. The first kappa shape index (κ1) is 10.6. The van der Waals surface area contributed by atoms with Crippen molar-refractivity contribution in [1.82, 2.24) is 10.3 Å². The molecule has 14 heavy (non-hydrogen) atoms. The number of nitrogens with zero attached hydrogens (tertiary/aromatic N) is 1. The number of thiazole rings is 1. The normalized spacial score (nSPS) is 12.1. The number of aliphatic carboxylic acids is 1. The van der Waals surface area contributed by atoms with Gasteiger partial charge in [0.15, 0.2) is 0 Å². The molecule has 0 aliphatic heterocycles. The number of carboxylic acid groups (broad SMARTS) is 1. The number of hydrogen-bond acceptors (Lipinski definition) is 4. The van der Waals surface area contributed by atoms with E-state index in [4.69, 9.17) is 5.11 Å². The Morgan fingerprint density at radius 3 is 2.93 bits per heavy atom. The van der Waals surface area contributed by atoms with Crippen molar-refractivity contribution in [3.63, 3.8) is 0 Å². The molecular weight excluding hydrogens is 204 g/mol. The average molecular weight is 214 g/mol. The van der Waals surface area contributed by atoms with Crippen molar-refractivity contribution in [3.8, 4) is 0 Å². The third kappa shape index (κ3) is 2.81. The Kier molecular flexibility index (Phi) is 3.58. The van der Waals surface area contributed by atoms with Gasteiger partial charge in [0.1, 0.15) is 5.69 Å². The molecule has 1 rings (SSSR count). The second-order valence-electron chi connectivity index (χ2n) is 2.82. The molecule has 1 heterocycles. The van der Waals surface area contributed by atoms with Gasteiger partial charge in [0, 0.05) is 11.9 Å². The van der Waals surface area contributed by atoms with Gasteiger partial charge >= 0.3 is 5.97 Å². The lowest BCUT2D eigenvalue weighted by Crippen LogP contribution is -2.31. The Morgan fingerprint density at radius 2 is 2.43 bits per heavy atom. The van der Waals surface area contributed by atoms with Gasteiger partial charge in [-0.2, -0.15) is 0 Å². The van der Waals surface area contributed by atoms with Gasteiger partial charge < -0.3 is 10.4 Å².